The maximum Gasteiger partial charge on any atom is 0.407 e. The number of rotatable bonds is 1. The van der Waals surface area contributed by atoms with E-state index in [0.717, 1.165) is 106 Å². The summed E-state index contributed by atoms with van der Waals surface area (Å²) >= 11 is 0. The Hall–Kier alpha value is -1.07. The third kappa shape index (κ3) is 12.2. The van der Waals surface area contributed by atoms with Crippen LogP contribution in [0.15, 0.2) is 0 Å². The van der Waals surface area contributed by atoms with Gasteiger partial charge in [0.05, 0.1) is 17.3 Å². The molecule has 0 aliphatic heterocycles. The highest BCUT2D eigenvalue weighted by Crippen LogP contribution is 2.65. The first-order valence-electron chi connectivity index (χ1n) is 26.2. The van der Waals surface area contributed by atoms with Crippen LogP contribution in [0, 0.1) is 62.1 Å². The summed E-state index contributed by atoms with van der Waals surface area (Å²) in [6, 6.07) is 1.33. The number of nitrogens with one attached hydrogen (secondary N) is 1. The number of ether oxygens (including phenoxy) is 1. The zero-order valence-electron chi connectivity index (χ0n) is 42.2. The molecule has 12 aliphatic carbocycles. The van der Waals surface area contributed by atoms with Gasteiger partial charge in [-0.2, -0.15) is 0 Å². The average molecular weight is 904 g/mol. The third-order valence-electron chi connectivity index (χ3n) is 18.3. The Morgan fingerprint density at radius 2 is 0.797 bits per heavy atom. The minimum absolute atomic E-state index is 0.0532. The number of carbonyl (C=O) groups is 1. The van der Waals surface area contributed by atoms with Gasteiger partial charge in [-0.05, 0) is 238 Å². The van der Waals surface area contributed by atoms with Crippen molar-refractivity contribution >= 4 is 6.09 Å². The van der Waals surface area contributed by atoms with Gasteiger partial charge in [0.1, 0.15) is 5.60 Å². The van der Waals surface area contributed by atoms with Crippen molar-refractivity contribution in [1.29, 1.82) is 0 Å². The maximum absolute atomic E-state index is 12.4. The highest BCUT2D eigenvalue weighted by molar-refractivity contribution is 5.68. The van der Waals surface area contributed by atoms with E-state index in [2.05, 4.69) is 39.9 Å². The van der Waals surface area contributed by atoms with E-state index in [1.165, 1.54) is 64.2 Å². The van der Waals surface area contributed by atoms with Crippen molar-refractivity contribution in [2.45, 2.75) is 270 Å². The topological polar surface area (TPSA) is 151 Å². The lowest BCUT2D eigenvalue weighted by atomic mass is 9.47. The Bertz CT molecular complexity index is 1410. The summed E-state index contributed by atoms with van der Waals surface area (Å²) in [5.41, 5.74) is 13.5. The van der Waals surface area contributed by atoms with Gasteiger partial charge in [-0.15, -0.1) is 0 Å². The second-order valence-electron chi connectivity index (χ2n) is 28.6. The van der Waals surface area contributed by atoms with Crippen molar-refractivity contribution in [3.63, 3.8) is 0 Å². The van der Waals surface area contributed by atoms with Gasteiger partial charge in [0.2, 0.25) is 5.92 Å². The summed E-state index contributed by atoms with van der Waals surface area (Å²) in [7, 11) is 0. The number of alkyl carbamates (subject to hydrolysis) is 1. The molecule has 12 aliphatic rings. The summed E-state index contributed by atoms with van der Waals surface area (Å²) in [6.45, 7) is 20.9. The van der Waals surface area contributed by atoms with Gasteiger partial charge in [0.15, 0.2) is 0 Å². The first kappa shape index (κ1) is 50.8. The van der Waals surface area contributed by atoms with Crippen molar-refractivity contribution in [3.05, 3.63) is 0 Å². The van der Waals surface area contributed by atoms with Crippen molar-refractivity contribution in [2.75, 3.05) is 0 Å². The normalized spacial score (nSPS) is 49.5. The maximum atomic E-state index is 12.4. The predicted molar refractivity (Wildman–Crippen MR) is 253 cm³/mol. The van der Waals surface area contributed by atoms with E-state index in [1.54, 1.807) is 0 Å². The second-order valence-corrected chi connectivity index (χ2v) is 28.6. The minimum Gasteiger partial charge on any atom is -0.444 e. The number of alkyl halides is 2. The van der Waals surface area contributed by atoms with Gasteiger partial charge in [-0.1, -0.05) is 34.6 Å². The van der Waals surface area contributed by atoms with Crippen LogP contribution >= 0.6 is 0 Å². The molecule has 6 spiro atoms. The molecular weight excluding hydrogens is 809 g/mol. The van der Waals surface area contributed by atoms with E-state index >= 15 is 0 Å². The number of aliphatic hydroxyl groups is 3. The molecule has 0 aromatic rings. The van der Waals surface area contributed by atoms with Crippen molar-refractivity contribution in [2.24, 2.45) is 73.5 Å². The van der Waals surface area contributed by atoms with Crippen LogP contribution < -0.4 is 16.8 Å². The molecule has 12 rings (SSSR count). The monoisotopic (exact) mass is 904 g/mol. The Kier molecular flexibility index (Phi) is 13.8. The lowest BCUT2D eigenvalue weighted by molar-refractivity contribution is -0.204. The molecule has 0 saturated heterocycles. The smallest absolute Gasteiger partial charge is 0.407 e. The first-order valence-corrected chi connectivity index (χ1v) is 26.2. The number of hydrogen-bond acceptors (Lipinski definition) is 7. The summed E-state index contributed by atoms with van der Waals surface area (Å²) in [5.74, 6) is 2.16. The SMILES string of the molecule is CC1(O)CC2(CC(N)C2)C1.CC1CC2(C1)CC(C)(O)C2.CC1CC2(C1)CC(F)(F)C2.CC1CC2(C1)CC(N)C2.CC1CC2(C1)CC(NC(=O)OC(C)(C)C)C2.CC1CC2(C1)CC(O)C2. The van der Waals surface area contributed by atoms with Crippen LogP contribution in [-0.4, -0.2) is 68.4 Å². The molecule has 10 heteroatoms. The second kappa shape index (κ2) is 17.4. The molecule has 0 aromatic heterocycles. The fourth-order valence-electron chi connectivity index (χ4n) is 17.7. The number of aliphatic hydroxyl groups excluding tert-OH is 1. The quantitative estimate of drug-likeness (QED) is 0.153. The van der Waals surface area contributed by atoms with Gasteiger partial charge in [-0.25, -0.2) is 13.6 Å². The molecular formula is C54H95F2N3O5. The van der Waals surface area contributed by atoms with Gasteiger partial charge in [0.25, 0.3) is 0 Å². The Labute approximate surface area is 387 Å². The number of nitrogens with two attached hydrogens (primary N) is 2. The molecule has 0 unspecified atom stereocenters. The van der Waals surface area contributed by atoms with E-state index in [0.29, 0.717) is 45.7 Å². The average Bonchev–Trinajstić information content (AvgIpc) is 2.96. The molecule has 0 heterocycles. The highest BCUT2D eigenvalue weighted by Gasteiger charge is 2.61. The van der Waals surface area contributed by atoms with Crippen LogP contribution in [0.3, 0.4) is 0 Å². The molecule has 0 bridgehead atoms. The van der Waals surface area contributed by atoms with Gasteiger partial charge in [0, 0.05) is 31.0 Å². The molecule has 370 valence electrons. The van der Waals surface area contributed by atoms with E-state index in [4.69, 9.17) is 21.3 Å². The molecule has 8 N–H and O–H groups in total. The van der Waals surface area contributed by atoms with Gasteiger partial charge >= 0.3 is 6.09 Å². The van der Waals surface area contributed by atoms with E-state index in [1.807, 2.05) is 34.6 Å². The minimum atomic E-state index is -2.31. The van der Waals surface area contributed by atoms with Crippen molar-refractivity contribution < 1.29 is 33.6 Å². The van der Waals surface area contributed by atoms with Crippen LogP contribution in [0.4, 0.5) is 13.6 Å². The summed E-state index contributed by atoms with van der Waals surface area (Å²) in [4.78, 5) is 11.5. The molecule has 0 radical (unpaired) electrons. The number of amides is 1. The van der Waals surface area contributed by atoms with Gasteiger partial charge in [-0.3, -0.25) is 0 Å². The third-order valence-corrected chi connectivity index (χ3v) is 18.3. The van der Waals surface area contributed by atoms with Crippen LogP contribution in [0.1, 0.15) is 223 Å². The van der Waals surface area contributed by atoms with E-state index in [-0.39, 0.29) is 41.7 Å². The molecule has 1 amide bonds. The number of hydrogen-bond donors (Lipinski definition) is 6. The number of halogens is 2. The Balaban J connectivity index is 0.000000116. The number of carbonyl (C=O) groups excluding carboxylic acids is 1. The first-order chi connectivity index (χ1) is 29.2. The molecule has 0 atom stereocenters. The zero-order chi connectivity index (χ0) is 47.2. The summed E-state index contributed by atoms with van der Waals surface area (Å²) in [5, 5.41) is 30.9. The molecule has 0 aromatic carbocycles. The largest absolute Gasteiger partial charge is 0.444 e. The van der Waals surface area contributed by atoms with Crippen molar-refractivity contribution in [1.82, 2.24) is 5.32 Å². The van der Waals surface area contributed by atoms with Crippen LogP contribution in [0.5, 0.6) is 0 Å². The Morgan fingerprint density at radius 1 is 0.516 bits per heavy atom. The lowest BCUT2D eigenvalue weighted by Gasteiger charge is -2.60. The van der Waals surface area contributed by atoms with Crippen molar-refractivity contribution in [3.8, 4) is 0 Å². The van der Waals surface area contributed by atoms with Crippen LogP contribution in [-0.2, 0) is 4.74 Å². The zero-order valence-corrected chi connectivity index (χ0v) is 42.2. The standard InChI is InChI=1S/C13H23NO2.C9H16O.C8H12F2.C8H15NO.C8H15N.C8H14O/c1-9-5-13(6-9)7-10(8-13)14-11(15)16-12(2,3)4;1-7-3-9(4-7)5-8(2,10)6-9;1-6-2-7(3-6)4-8(9,10)5-7;1-7(10)4-8(5-7)2-6(9)3-8;2*1-6-2-8(3-6)4-7(9)5-8/h9-10H,5-8H2,1-4H3,(H,14,15);7,10H,3-6H2,1-2H3;6H,2-5H2,1H3;6,10H,2-5,9H2,1H3;6-7H,2-5,9H2,1H3;6-7,9H,2-5H2,1H3. The lowest BCUT2D eigenvalue weighted by Crippen LogP contribution is -2.59. The predicted octanol–water partition coefficient (Wildman–Crippen LogP) is 11.6. The summed E-state index contributed by atoms with van der Waals surface area (Å²) in [6.07, 6.45) is 26.8. The fraction of sp³-hybridized carbons (Fsp3) is 0.981. The molecule has 12 saturated carbocycles. The summed E-state index contributed by atoms with van der Waals surface area (Å²) < 4.78 is 30.0. The highest BCUT2D eigenvalue weighted by atomic mass is 19.3. The van der Waals surface area contributed by atoms with Crippen LogP contribution in [0.25, 0.3) is 0 Å². The van der Waals surface area contributed by atoms with E-state index < -0.39 is 11.5 Å². The molecule has 64 heavy (non-hydrogen) atoms. The fourth-order valence-corrected chi connectivity index (χ4v) is 17.7. The van der Waals surface area contributed by atoms with Gasteiger partial charge < -0.3 is 36.8 Å². The Morgan fingerprint density at radius 3 is 1.08 bits per heavy atom. The molecule has 12 fully saturated rings. The van der Waals surface area contributed by atoms with E-state index in [9.17, 15) is 23.8 Å². The molecule has 8 nitrogen and oxygen atoms in total. The van der Waals surface area contributed by atoms with Crippen LogP contribution in [0.2, 0.25) is 0 Å².